The van der Waals surface area contributed by atoms with Gasteiger partial charge in [-0.3, -0.25) is 9.59 Å². The van der Waals surface area contributed by atoms with E-state index in [0.717, 1.165) is 25.2 Å². The number of carbonyl (C=O) groups is 2. The van der Waals surface area contributed by atoms with E-state index in [0.29, 0.717) is 18.0 Å². The Labute approximate surface area is 184 Å². The zero-order valence-corrected chi connectivity index (χ0v) is 18.3. The molecule has 2 aliphatic heterocycles. The third-order valence-electron chi connectivity index (χ3n) is 6.36. The van der Waals surface area contributed by atoms with Gasteiger partial charge in [-0.05, 0) is 43.0 Å². The van der Waals surface area contributed by atoms with Crippen LogP contribution in [0.4, 0.5) is 0 Å². The number of Topliss-reactive ketones (excluding diaryl/α,β-unsaturated/α-hetero) is 1. The summed E-state index contributed by atoms with van der Waals surface area (Å²) in [6.07, 6.45) is 2.35. The molecule has 1 unspecified atom stereocenters. The predicted octanol–water partition coefficient (Wildman–Crippen LogP) is 4.33. The predicted molar refractivity (Wildman–Crippen MR) is 122 cm³/mol. The summed E-state index contributed by atoms with van der Waals surface area (Å²) < 4.78 is 0. The Hall–Kier alpha value is -2.92. The van der Waals surface area contributed by atoms with E-state index in [1.807, 2.05) is 42.5 Å². The van der Waals surface area contributed by atoms with Crippen LogP contribution in [-0.4, -0.2) is 52.8 Å². The number of hydrogen-bond acceptors (Lipinski definition) is 4. The first kappa shape index (κ1) is 21.3. The average molecular weight is 419 g/mol. The number of nitrogens with zero attached hydrogens (tertiary/aromatic N) is 2. The fraction of sp³-hybridized carbons (Fsp3) is 0.385. The smallest absolute Gasteiger partial charge is 0.295 e. The molecule has 31 heavy (non-hydrogen) atoms. The molecule has 4 rings (SSSR count). The number of hydrogen-bond donors (Lipinski definition) is 1. The van der Waals surface area contributed by atoms with Gasteiger partial charge in [-0.1, -0.05) is 68.4 Å². The van der Waals surface area contributed by atoms with Gasteiger partial charge in [-0.25, -0.2) is 0 Å². The van der Waals surface area contributed by atoms with E-state index in [1.165, 1.54) is 18.4 Å². The normalized spacial score (nSPS) is 21.4. The van der Waals surface area contributed by atoms with Gasteiger partial charge in [0, 0.05) is 18.7 Å². The van der Waals surface area contributed by atoms with E-state index in [-0.39, 0.29) is 11.3 Å². The molecule has 5 nitrogen and oxygen atoms in total. The van der Waals surface area contributed by atoms with E-state index >= 15 is 0 Å². The van der Waals surface area contributed by atoms with Crippen molar-refractivity contribution in [2.45, 2.75) is 38.6 Å². The van der Waals surface area contributed by atoms with Crippen LogP contribution in [0.25, 0.3) is 5.76 Å². The molecule has 2 aromatic carbocycles. The summed E-state index contributed by atoms with van der Waals surface area (Å²) in [7, 11) is 0. The van der Waals surface area contributed by atoms with E-state index in [4.69, 9.17) is 0 Å². The van der Waals surface area contributed by atoms with Crippen LogP contribution >= 0.6 is 0 Å². The van der Waals surface area contributed by atoms with Crippen molar-refractivity contribution in [3.8, 4) is 0 Å². The Morgan fingerprint density at radius 3 is 2.23 bits per heavy atom. The molecule has 0 radical (unpaired) electrons. The largest absolute Gasteiger partial charge is 0.507 e. The van der Waals surface area contributed by atoms with Crippen LogP contribution < -0.4 is 0 Å². The van der Waals surface area contributed by atoms with Gasteiger partial charge >= 0.3 is 0 Å². The summed E-state index contributed by atoms with van der Waals surface area (Å²) in [5.74, 6) is -0.865. The van der Waals surface area contributed by atoms with E-state index < -0.39 is 17.7 Å². The van der Waals surface area contributed by atoms with Gasteiger partial charge in [0.05, 0.1) is 11.6 Å². The number of ketones is 1. The highest BCUT2D eigenvalue weighted by atomic mass is 16.3. The number of benzene rings is 2. The van der Waals surface area contributed by atoms with Gasteiger partial charge in [0.25, 0.3) is 11.7 Å². The second-order valence-corrected chi connectivity index (χ2v) is 8.73. The molecule has 2 aromatic rings. The first-order valence-electron chi connectivity index (χ1n) is 11.1. The lowest BCUT2D eigenvalue weighted by atomic mass is 9.93. The third kappa shape index (κ3) is 4.28. The van der Waals surface area contributed by atoms with Crippen molar-refractivity contribution in [3.05, 3.63) is 76.9 Å². The summed E-state index contributed by atoms with van der Waals surface area (Å²) in [4.78, 5) is 30.1. The average Bonchev–Trinajstić information content (AvgIpc) is 3.39. The maximum absolute atomic E-state index is 13.1. The molecule has 0 bridgehead atoms. The number of likely N-dealkylation sites (tertiary alicyclic amines) is 2. The Bertz CT molecular complexity index is 973. The van der Waals surface area contributed by atoms with Gasteiger partial charge in [0.1, 0.15) is 5.76 Å². The van der Waals surface area contributed by atoms with Crippen molar-refractivity contribution in [3.63, 3.8) is 0 Å². The maximum Gasteiger partial charge on any atom is 0.295 e. The molecule has 1 atom stereocenters. The van der Waals surface area contributed by atoms with Gasteiger partial charge < -0.3 is 14.9 Å². The van der Waals surface area contributed by atoms with Crippen LogP contribution in [-0.2, 0) is 9.59 Å². The van der Waals surface area contributed by atoms with Gasteiger partial charge in [-0.2, -0.15) is 0 Å². The Morgan fingerprint density at radius 2 is 1.61 bits per heavy atom. The molecule has 2 fully saturated rings. The van der Waals surface area contributed by atoms with Crippen LogP contribution in [0.1, 0.15) is 55.3 Å². The highest BCUT2D eigenvalue weighted by Gasteiger charge is 2.46. The molecular formula is C26H30N2O3. The summed E-state index contributed by atoms with van der Waals surface area (Å²) >= 11 is 0. The fourth-order valence-electron chi connectivity index (χ4n) is 4.53. The van der Waals surface area contributed by atoms with Gasteiger partial charge in [0.15, 0.2) is 0 Å². The van der Waals surface area contributed by atoms with Crippen molar-refractivity contribution in [2.75, 3.05) is 26.2 Å². The van der Waals surface area contributed by atoms with E-state index in [1.54, 1.807) is 17.0 Å². The molecule has 0 spiro atoms. The molecule has 2 saturated heterocycles. The zero-order chi connectivity index (χ0) is 22.0. The van der Waals surface area contributed by atoms with E-state index in [9.17, 15) is 14.7 Å². The molecule has 5 heteroatoms. The Kier molecular flexibility index (Phi) is 6.23. The first-order valence-corrected chi connectivity index (χ1v) is 11.1. The molecule has 2 aliphatic rings. The van der Waals surface area contributed by atoms with Gasteiger partial charge in [0.2, 0.25) is 0 Å². The van der Waals surface area contributed by atoms with E-state index in [2.05, 4.69) is 18.7 Å². The van der Waals surface area contributed by atoms with Crippen molar-refractivity contribution < 1.29 is 14.7 Å². The molecule has 0 saturated carbocycles. The molecule has 1 N–H and O–H groups in total. The van der Waals surface area contributed by atoms with Crippen molar-refractivity contribution in [1.82, 2.24) is 9.80 Å². The van der Waals surface area contributed by atoms with Crippen molar-refractivity contribution >= 4 is 17.4 Å². The minimum Gasteiger partial charge on any atom is -0.507 e. The molecule has 1 amide bonds. The Balaban J connectivity index is 1.74. The quantitative estimate of drug-likeness (QED) is 0.431. The number of amides is 1. The number of aliphatic hydroxyl groups excluding tert-OH is 1. The highest BCUT2D eigenvalue weighted by Crippen LogP contribution is 2.39. The van der Waals surface area contributed by atoms with Crippen LogP contribution in [0.3, 0.4) is 0 Å². The summed E-state index contributed by atoms with van der Waals surface area (Å²) in [6, 6.07) is 16.5. The SMILES string of the molecule is CC(C)c1ccc(C2/C(=C(\O)c3ccccc3)C(=O)C(=O)N2CCN2CCCC2)cc1. The van der Waals surface area contributed by atoms with Crippen LogP contribution in [0.2, 0.25) is 0 Å². The lowest BCUT2D eigenvalue weighted by Gasteiger charge is -2.27. The molecule has 162 valence electrons. The lowest BCUT2D eigenvalue weighted by Crippen LogP contribution is -2.37. The lowest BCUT2D eigenvalue weighted by molar-refractivity contribution is -0.140. The van der Waals surface area contributed by atoms with Crippen molar-refractivity contribution in [1.29, 1.82) is 0 Å². The zero-order valence-electron chi connectivity index (χ0n) is 18.3. The standard InChI is InChI=1S/C26H30N2O3/c1-18(2)19-10-12-20(13-11-19)23-22(24(29)21-8-4-3-5-9-21)25(30)26(31)28(23)17-16-27-14-6-7-15-27/h3-5,8-13,18,23,29H,6-7,14-17H2,1-2H3/b24-22+. The van der Waals surface area contributed by atoms with Crippen LogP contribution in [0, 0.1) is 0 Å². The maximum atomic E-state index is 13.1. The highest BCUT2D eigenvalue weighted by molar-refractivity contribution is 6.46. The summed E-state index contributed by atoms with van der Waals surface area (Å²) in [5, 5.41) is 11.1. The number of rotatable bonds is 6. The van der Waals surface area contributed by atoms with Crippen molar-refractivity contribution in [2.24, 2.45) is 0 Å². The second-order valence-electron chi connectivity index (χ2n) is 8.73. The number of carbonyl (C=O) groups excluding carboxylic acids is 2. The minimum absolute atomic E-state index is 0.111. The Morgan fingerprint density at radius 1 is 0.968 bits per heavy atom. The fourth-order valence-corrected chi connectivity index (χ4v) is 4.53. The van der Waals surface area contributed by atoms with Crippen LogP contribution in [0.5, 0.6) is 0 Å². The van der Waals surface area contributed by atoms with Gasteiger partial charge in [-0.15, -0.1) is 0 Å². The third-order valence-corrected chi connectivity index (χ3v) is 6.36. The monoisotopic (exact) mass is 418 g/mol. The molecule has 0 aromatic heterocycles. The molecule has 2 heterocycles. The molecule has 0 aliphatic carbocycles. The number of aliphatic hydroxyl groups is 1. The molecular weight excluding hydrogens is 388 g/mol. The minimum atomic E-state index is -0.610. The topological polar surface area (TPSA) is 60.9 Å². The summed E-state index contributed by atoms with van der Waals surface area (Å²) in [6.45, 7) is 7.52. The first-order chi connectivity index (χ1) is 15.0. The van der Waals surface area contributed by atoms with Crippen LogP contribution in [0.15, 0.2) is 60.2 Å². The summed E-state index contributed by atoms with van der Waals surface area (Å²) in [5.41, 5.74) is 2.77. The second kappa shape index (κ2) is 9.06.